The number of carbonyl (C=O) groups excluding carboxylic acids is 1. The number of ether oxygens (including phenoxy) is 2. The molecule has 0 spiro atoms. The zero-order valence-corrected chi connectivity index (χ0v) is 16.7. The van der Waals surface area contributed by atoms with Gasteiger partial charge in [-0.2, -0.15) is 26.3 Å². The van der Waals surface area contributed by atoms with Crippen LogP contribution in [0.5, 0.6) is 11.6 Å². The first-order valence-electron chi connectivity index (χ1n) is 9.11. The van der Waals surface area contributed by atoms with Crippen molar-refractivity contribution in [3.63, 3.8) is 0 Å². The molecule has 1 N–H and O–H groups in total. The third-order valence-electron chi connectivity index (χ3n) is 3.85. The standard InChI is InChI=1S/C19H13F6N5O4/c20-18(21,22)8-33-13-7-26-10-28-15(13)30-5-1-2-12(17(30)32)16(31)29-11-3-4-14(27-6-11)34-9-19(23,24)25/h1-7,10H,8-9H2,(H,29,31). The third kappa shape index (κ3) is 6.66. The van der Waals surface area contributed by atoms with Crippen LogP contribution < -0.4 is 20.3 Å². The first kappa shape index (κ1) is 24.5. The summed E-state index contributed by atoms with van der Waals surface area (Å²) in [4.78, 5) is 36.3. The summed E-state index contributed by atoms with van der Waals surface area (Å²) in [7, 11) is 0. The van der Waals surface area contributed by atoms with Crippen LogP contribution in [0.15, 0.2) is 54.0 Å². The Morgan fingerprint density at radius 2 is 1.68 bits per heavy atom. The average molecular weight is 489 g/mol. The molecule has 9 nitrogen and oxygen atoms in total. The maximum Gasteiger partial charge on any atom is 0.422 e. The number of halogens is 6. The van der Waals surface area contributed by atoms with Gasteiger partial charge in [-0.3, -0.25) is 14.2 Å². The lowest BCUT2D eigenvalue weighted by atomic mass is 10.2. The molecule has 0 atom stereocenters. The molecule has 3 rings (SSSR count). The average Bonchev–Trinajstić information content (AvgIpc) is 2.76. The van der Waals surface area contributed by atoms with Gasteiger partial charge in [0.05, 0.1) is 18.1 Å². The molecule has 34 heavy (non-hydrogen) atoms. The van der Waals surface area contributed by atoms with E-state index < -0.39 is 48.3 Å². The van der Waals surface area contributed by atoms with E-state index in [0.29, 0.717) is 0 Å². The van der Waals surface area contributed by atoms with Crippen molar-refractivity contribution in [2.45, 2.75) is 12.4 Å². The van der Waals surface area contributed by atoms with E-state index in [2.05, 4.69) is 29.7 Å². The molecule has 0 saturated heterocycles. The first-order valence-corrected chi connectivity index (χ1v) is 9.11. The molecule has 3 aromatic rings. The molecule has 1 amide bonds. The van der Waals surface area contributed by atoms with Crippen LogP contribution in [0.1, 0.15) is 10.4 Å². The number of alkyl halides is 6. The van der Waals surface area contributed by atoms with Crippen molar-refractivity contribution in [3.05, 3.63) is 65.1 Å². The van der Waals surface area contributed by atoms with E-state index >= 15 is 0 Å². The van der Waals surface area contributed by atoms with Crippen molar-refractivity contribution in [2.75, 3.05) is 18.5 Å². The molecule has 3 heterocycles. The Labute approximate surface area is 186 Å². The van der Waals surface area contributed by atoms with Crippen LogP contribution in [0.4, 0.5) is 32.0 Å². The minimum absolute atomic E-state index is 0.0374. The number of hydrogen-bond acceptors (Lipinski definition) is 7. The van der Waals surface area contributed by atoms with E-state index in [4.69, 9.17) is 0 Å². The van der Waals surface area contributed by atoms with E-state index in [1.165, 1.54) is 12.1 Å². The van der Waals surface area contributed by atoms with Gasteiger partial charge < -0.3 is 14.8 Å². The van der Waals surface area contributed by atoms with Gasteiger partial charge in [0.1, 0.15) is 11.9 Å². The first-order chi connectivity index (χ1) is 15.9. The fraction of sp³-hybridized carbons (Fsp3) is 0.211. The highest BCUT2D eigenvalue weighted by molar-refractivity contribution is 6.03. The number of carbonyl (C=O) groups is 1. The van der Waals surface area contributed by atoms with E-state index in [9.17, 15) is 35.9 Å². The van der Waals surface area contributed by atoms with Gasteiger partial charge in [-0.25, -0.2) is 15.0 Å². The van der Waals surface area contributed by atoms with Gasteiger partial charge in [0.2, 0.25) is 5.88 Å². The van der Waals surface area contributed by atoms with Gasteiger partial charge in [-0.1, -0.05) is 0 Å². The number of anilines is 1. The second-order valence-electron chi connectivity index (χ2n) is 6.45. The van der Waals surface area contributed by atoms with Gasteiger partial charge >= 0.3 is 12.4 Å². The summed E-state index contributed by atoms with van der Waals surface area (Å²) in [5, 5.41) is 2.33. The lowest BCUT2D eigenvalue weighted by Gasteiger charge is -2.13. The molecule has 15 heteroatoms. The van der Waals surface area contributed by atoms with Crippen molar-refractivity contribution < 1.29 is 40.6 Å². The van der Waals surface area contributed by atoms with Gasteiger partial charge in [0, 0.05) is 12.3 Å². The summed E-state index contributed by atoms with van der Waals surface area (Å²) in [5.41, 5.74) is -1.32. The zero-order chi connectivity index (χ0) is 24.9. The van der Waals surface area contributed by atoms with E-state index in [-0.39, 0.29) is 17.4 Å². The molecule has 0 aliphatic carbocycles. The molecule has 0 bridgehead atoms. The Hall–Kier alpha value is -4.17. The second-order valence-corrected chi connectivity index (χ2v) is 6.45. The third-order valence-corrected chi connectivity index (χ3v) is 3.85. The van der Waals surface area contributed by atoms with Crippen LogP contribution >= 0.6 is 0 Å². The Bertz CT molecular complexity index is 1210. The summed E-state index contributed by atoms with van der Waals surface area (Å²) >= 11 is 0. The predicted molar refractivity (Wildman–Crippen MR) is 103 cm³/mol. The molecule has 3 aromatic heterocycles. The quantitative estimate of drug-likeness (QED) is 0.508. The minimum Gasteiger partial charge on any atom is -0.479 e. The molecule has 0 fully saturated rings. The molecule has 0 unspecified atom stereocenters. The van der Waals surface area contributed by atoms with Crippen molar-refractivity contribution in [2.24, 2.45) is 0 Å². The number of rotatable bonds is 7. The maximum atomic E-state index is 12.8. The van der Waals surface area contributed by atoms with E-state index in [1.807, 2.05) is 0 Å². The molecule has 180 valence electrons. The summed E-state index contributed by atoms with van der Waals surface area (Å²) in [6.45, 7) is -3.20. The number of amides is 1. The minimum atomic E-state index is -4.65. The van der Waals surface area contributed by atoms with E-state index in [0.717, 1.165) is 41.6 Å². The Morgan fingerprint density at radius 1 is 0.971 bits per heavy atom. The van der Waals surface area contributed by atoms with Gasteiger partial charge in [0.15, 0.2) is 24.8 Å². The summed E-state index contributed by atoms with van der Waals surface area (Å²) in [6, 6.07) is 4.71. The van der Waals surface area contributed by atoms with Crippen LogP contribution in [0, 0.1) is 0 Å². The Balaban J connectivity index is 1.79. The maximum absolute atomic E-state index is 12.8. The van der Waals surface area contributed by atoms with Crippen molar-refractivity contribution in [1.29, 1.82) is 0 Å². The number of hydrogen-bond donors (Lipinski definition) is 1. The largest absolute Gasteiger partial charge is 0.479 e. The van der Waals surface area contributed by atoms with Crippen molar-refractivity contribution in [1.82, 2.24) is 19.5 Å². The van der Waals surface area contributed by atoms with E-state index in [1.54, 1.807) is 0 Å². The van der Waals surface area contributed by atoms with Crippen molar-refractivity contribution in [3.8, 4) is 17.4 Å². The molecular weight excluding hydrogens is 476 g/mol. The summed E-state index contributed by atoms with van der Waals surface area (Å²) in [6.07, 6.45) is -5.12. The number of nitrogens with zero attached hydrogens (tertiary/aromatic N) is 4. The molecule has 0 saturated carbocycles. The molecule has 0 aliphatic heterocycles. The molecule has 0 radical (unpaired) electrons. The lowest BCUT2D eigenvalue weighted by molar-refractivity contribution is -0.154. The highest BCUT2D eigenvalue weighted by atomic mass is 19.4. The molecular formula is C19H13F6N5O4. The Kier molecular flexibility index (Phi) is 7.03. The highest BCUT2D eigenvalue weighted by Gasteiger charge is 2.30. The van der Waals surface area contributed by atoms with Gasteiger partial charge in [-0.05, 0) is 18.2 Å². The van der Waals surface area contributed by atoms with Gasteiger partial charge in [-0.15, -0.1) is 0 Å². The number of pyridine rings is 2. The molecule has 0 aliphatic rings. The van der Waals surface area contributed by atoms with Crippen LogP contribution in [0.2, 0.25) is 0 Å². The lowest BCUT2D eigenvalue weighted by Crippen LogP contribution is -2.29. The van der Waals surface area contributed by atoms with Gasteiger partial charge in [0.25, 0.3) is 11.5 Å². The van der Waals surface area contributed by atoms with Crippen molar-refractivity contribution >= 4 is 11.6 Å². The second kappa shape index (κ2) is 9.76. The van der Waals surface area contributed by atoms with Crippen LogP contribution in [0.3, 0.4) is 0 Å². The monoisotopic (exact) mass is 489 g/mol. The number of nitrogens with one attached hydrogen (secondary N) is 1. The smallest absolute Gasteiger partial charge is 0.422 e. The van der Waals surface area contributed by atoms with Crippen LogP contribution in [0.25, 0.3) is 5.82 Å². The molecule has 0 aromatic carbocycles. The SMILES string of the molecule is O=C(Nc1ccc(OCC(F)(F)F)nc1)c1cccn(-c2ncncc2OCC(F)(F)F)c1=O. The fourth-order valence-corrected chi connectivity index (χ4v) is 2.48. The topological polar surface area (TPSA) is 108 Å². The normalized spacial score (nSPS) is 11.7. The Morgan fingerprint density at radius 3 is 2.32 bits per heavy atom. The fourth-order valence-electron chi connectivity index (χ4n) is 2.48. The highest BCUT2D eigenvalue weighted by Crippen LogP contribution is 2.22. The zero-order valence-electron chi connectivity index (χ0n) is 16.7. The summed E-state index contributed by atoms with van der Waals surface area (Å²) in [5.74, 6) is -2.03. The predicted octanol–water partition coefficient (Wildman–Crippen LogP) is 3.16. The summed E-state index contributed by atoms with van der Waals surface area (Å²) < 4.78 is 84.0. The van der Waals surface area contributed by atoms with Crippen LogP contribution in [-0.2, 0) is 0 Å². The number of aromatic nitrogens is 4. The van der Waals surface area contributed by atoms with Crippen LogP contribution in [-0.4, -0.2) is 51.0 Å².